The van der Waals surface area contributed by atoms with Crippen LogP contribution in [0.5, 0.6) is 0 Å². The molecule has 1 aromatic heterocycles. The first-order chi connectivity index (χ1) is 4.83. The highest BCUT2D eigenvalue weighted by atomic mass is 15.3. The first-order valence-electron chi connectivity index (χ1n) is 3.61. The normalized spacial score (nSPS) is 8.30. The van der Waals surface area contributed by atoms with Gasteiger partial charge in [0.15, 0.2) is 0 Å². The van der Waals surface area contributed by atoms with Gasteiger partial charge >= 0.3 is 0 Å². The van der Waals surface area contributed by atoms with Crippen molar-refractivity contribution in [2.75, 3.05) is 5.73 Å². The van der Waals surface area contributed by atoms with Gasteiger partial charge in [-0.25, -0.2) is 0 Å². The van der Waals surface area contributed by atoms with Gasteiger partial charge in [0.1, 0.15) is 0 Å². The Morgan fingerprint density at radius 1 is 1.60 bits per heavy atom. The Labute approximate surface area is 61.8 Å². The Hall–Kier alpha value is -0.990. The number of aromatic nitrogens is 2. The molecule has 1 rings (SSSR count). The van der Waals surface area contributed by atoms with Gasteiger partial charge < -0.3 is 5.73 Å². The van der Waals surface area contributed by atoms with Crippen molar-refractivity contribution in [2.45, 2.75) is 27.3 Å². The minimum Gasteiger partial charge on any atom is -0.396 e. The van der Waals surface area contributed by atoms with E-state index in [0.29, 0.717) is 0 Å². The van der Waals surface area contributed by atoms with E-state index in [1.165, 1.54) is 0 Å². The quantitative estimate of drug-likeness (QED) is 0.644. The van der Waals surface area contributed by atoms with Crippen LogP contribution in [0, 0.1) is 0 Å². The summed E-state index contributed by atoms with van der Waals surface area (Å²) in [5.74, 6) is 0. The molecular weight excluding hydrogens is 126 g/mol. The summed E-state index contributed by atoms with van der Waals surface area (Å²) in [6.45, 7) is 6.91. The summed E-state index contributed by atoms with van der Waals surface area (Å²) in [5.41, 5.74) is 6.10. The molecule has 0 aromatic carbocycles. The molecule has 0 saturated carbocycles. The van der Waals surface area contributed by atoms with E-state index in [-0.39, 0.29) is 0 Å². The summed E-state index contributed by atoms with van der Waals surface area (Å²) in [7, 11) is 0. The van der Waals surface area contributed by atoms with Gasteiger partial charge in [-0.15, -0.1) is 0 Å². The average molecular weight is 141 g/mol. The highest BCUT2D eigenvalue weighted by Gasteiger charge is 1.86. The van der Waals surface area contributed by atoms with E-state index in [4.69, 9.17) is 5.73 Å². The summed E-state index contributed by atoms with van der Waals surface area (Å²) in [5, 5.41) is 3.93. The van der Waals surface area contributed by atoms with Gasteiger partial charge in [-0.05, 0) is 6.92 Å². The molecule has 2 N–H and O–H groups in total. The molecule has 0 aliphatic heterocycles. The number of nitrogen functional groups attached to an aromatic ring is 1. The smallest absolute Gasteiger partial charge is 0.0719 e. The zero-order valence-corrected chi connectivity index (χ0v) is 6.83. The van der Waals surface area contributed by atoms with Crippen molar-refractivity contribution in [1.82, 2.24) is 9.78 Å². The zero-order valence-electron chi connectivity index (χ0n) is 6.83. The van der Waals surface area contributed by atoms with Crippen LogP contribution in [0.25, 0.3) is 0 Å². The molecule has 1 heterocycles. The first kappa shape index (κ1) is 9.01. The number of aryl methyl sites for hydroxylation is 1. The molecule has 0 spiro atoms. The summed E-state index contributed by atoms with van der Waals surface area (Å²) < 4.78 is 1.79. The Morgan fingerprint density at radius 2 is 2.20 bits per heavy atom. The molecule has 0 aliphatic carbocycles. The summed E-state index contributed by atoms with van der Waals surface area (Å²) in [6, 6.07) is 0. The monoisotopic (exact) mass is 141 g/mol. The molecule has 3 heteroatoms. The van der Waals surface area contributed by atoms with Gasteiger partial charge in [0, 0.05) is 12.7 Å². The van der Waals surface area contributed by atoms with Crippen LogP contribution in [-0.4, -0.2) is 9.78 Å². The fourth-order valence-corrected chi connectivity index (χ4v) is 0.553. The maximum atomic E-state index is 5.37. The maximum Gasteiger partial charge on any atom is 0.0719 e. The van der Waals surface area contributed by atoms with Crippen molar-refractivity contribution in [3.05, 3.63) is 12.4 Å². The average Bonchev–Trinajstić information content (AvgIpc) is 2.40. The van der Waals surface area contributed by atoms with E-state index < -0.39 is 0 Å². The van der Waals surface area contributed by atoms with Gasteiger partial charge in [0.25, 0.3) is 0 Å². The molecular formula is C7H15N3. The minimum absolute atomic E-state index is 0.729. The standard InChI is InChI=1S/C5H9N3.C2H6/c1-2-8-4-5(6)3-7-8;1-2/h3-4H,2,6H2,1H3;1-2H3. The van der Waals surface area contributed by atoms with Crippen LogP contribution in [0.3, 0.4) is 0 Å². The predicted octanol–water partition coefficient (Wildman–Crippen LogP) is 1.51. The summed E-state index contributed by atoms with van der Waals surface area (Å²) in [6.07, 6.45) is 3.45. The van der Waals surface area contributed by atoms with Gasteiger partial charge in [0.05, 0.1) is 11.9 Å². The fraction of sp³-hybridized carbons (Fsp3) is 0.571. The lowest BCUT2D eigenvalue weighted by Gasteiger charge is -1.88. The predicted molar refractivity (Wildman–Crippen MR) is 43.7 cm³/mol. The van der Waals surface area contributed by atoms with Crippen LogP contribution in [-0.2, 0) is 6.54 Å². The Kier molecular flexibility index (Phi) is 4.37. The van der Waals surface area contributed by atoms with E-state index in [1.54, 1.807) is 17.1 Å². The third-order valence-electron chi connectivity index (χ3n) is 0.977. The highest BCUT2D eigenvalue weighted by Crippen LogP contribution is 1.95. The third-order valence-corrected chi connectivity index (χ3v) is 0.977. The van der Waals surface area contributed by atoms with E-state index in [2.05, 4.69) is 5.10 Å². The molecule has 58 valence electrons. The van der Waals surface area contributed by atoms with Crippen molar-refractivity contribution in [1.29, 1.82) is 0 Å². The molecule has 0 amide bonds. The second-order valence-corrected chi connectivity index (χ2v) is 1.63. The van der Waals surface area contributed by atoms with Gasteiger partial charge in [0.2, 0.25) is 0 Å². The lowest BCUT2D eigenvalue weighted by molar-refractivity contribution is 0.660. The van der Waals surface area contributed by atoms with E-state index in [9.17, 15) is 0 Å². The number of nitrogens with two attached hydrogens (primary N) is 1. The SMILES string of the molecule is CC.CCn1cc(N)cn1. The number of anilines is 1. The Bertz CT molecular complexity index is 169. The summed E-state index contributed by atoms with van der Waals surface area (Å²) >= 11 is 0. The molecule has 0 aliphatic rings. The largest absolute Gasteiger partial charge is 0.396 e. The molecule has 10 heavy (non-hydrogen) atoms. The van der Waals surface area contributed by atoms with Crippen LogP contribution < -0.4 is 5.73 Å². The minimum atomic E-state index is 0.729. The van der Waals surface area contributed by atoms with Crippen LogP contribution in [0.4, 0.5) is 5.69 Å². The van der Waals surface area contributed by atoms with Crippen molar-refractivity contribution in [3.8, 4) is 0 Å². The topological polar surface area (TPSA) is 43.8 Å². The molecule has 0 radical (unpaired) electrons. The van der Waals surface area contributed by atoms with Crippen molar-refractivity contribution in [3.63, 3.8) is 0 Å². The van der Waals surface area contributed by atoms with Crippen LogP contribution in [0.15, 0.2) is 12.4 Å². The molecule has 0 saturated heterocycles. The second kappa shape index (κ2) is 4.85. The zero-order chi connectivity index (χ0) is 7.98. The van der Waals surface area contributed by atoms with Gasteiger partial charge in [-0.1, -0.05) is 13.8 Å². The lowest BCUT2D eigenvalue weighted by atomic mass is 10.6. The molecule has 0 atom stereocenters. The van der Waals surface area contributed by atoms with Crippen molar-refractivity contribution in [2.24, 2.45) is 0 Å². The van der Waals surface area contributed by atoms with Crippen LogP contribution >= 0.6 is 0 Å². The van der Waals surface area contributed by atoms with E-state index in [0.717, 1.165) is 12.2 Å². The second-order valence-electron chi connectivity index (χ2n) is 1.63. The first-order valence-corrected chi connectivity index (χ1v) is 3.61. The third kappa shape index (κ3) is 2.53. The number of hydrogen-bond acceptors (Lipinski definition) is 2. The maximum absolute atomic E-state index is 5.37. The Balaban J connectivity index is 0.000000371. The Morgan fingerprint density at radius 3 is 2.40 bits per heavy atom. The van der Waals surface area contributed by atoms with Crippen molar-refractivity contribution >= 4 is 5.69 Å². The number of hydrogen-bond donors (Lipinski definition) is 1. The summed E-state index contributed by atoms with van der Waals surface area (Å²) in [4.78, 5) is 0. The highest BCUT2D eigenvalue weighted by molar-refractivity contribution is 5.30. The lowest BCUT2D eigenvalue weighted by Crippen LogP contribution is -1.92. The number of nitrogens with zero attached hydrogens (tertiary/aromatic N) is 2. The van der Waals surface area contributed by atoms with Crippen LogP contribution in [0.1, 0.15) is 20.8 Å². The molecule has 3 nitrogen and oxygen atoms in total. The van der Waals surface area contributed by atoms with E-state index >= 15 is 0 Å². The molecule has 0 fully saturated rings. The molecule has 0 unspecified atom stereocenters. The molecule has 1 aromatic rings. The fourth-order valence-electron chi connectivity index (χ4n) is 0.553. The van der Waals surface area contributed by atoms with Gasteiger partial charge in [-0.2, -0.15) is 5.10 Å². The van der Waals surface area contributed by atoms with Gasteiger partial charge in [-0.3, -0.25) is 4.68 Å². The number of rotatable bonds is 1. The van der Waals surface area contributed by atoms with Crippen molar-refractivity contribution < 1.29 is 0 Å². The molecule has 0 bridgehead atoms. The van der Waals surface area contributed by atoms with E-state index in [1.807, 2.05) is 20.8 Å². The van der Waals surface area contributed by atoms with Crippen LogP contribution in [0.2, 0.25) is 0 Å².